The Balaban J connectivity index is 1.67. The molecule has 2 aliphatic heterocycles. The number of aliphatic imine (C=N–C) groups is 1. The fourth-order valence-corrected chi connectivity index (χ4v) is 7.03. The van der Waals surface area contributed by atoms with E-state index >= 15 is 0 Å². The quantitative estimate of drug-likeness (QED) is 0.461. The number of amides is 3. The van der Waals surface area contributed by atoms with Crippen LogP contribution in [0.3, 0.4) is 0 Å². The lowest BCUT2D eigenvalue weighted by Crippen LogP contribution is -2.59. The third-order valence-corrected chi connectivity index (χ3v) is 9.76. The van der Waals surface area contributed by atoms with Crippen molar-refractivity contribution in [3.05, 3.63) is 51.0 Å². The summed E-state index contributed by atoms with van der Waals surface area (Å²) in [5.41, 5.74) is -1.93. The SMILES string of the molecule is CCS(=O)(=O)c1ccc(Cl)cc1CN1C(=O)N=C2C(Cl)=C(CN3CC(NS(C)(=O)=O)C3)C(C(F)(F)F)=CC2C1=O. The zero-order valence-corrected chi connectivity index (χ0v) is 24.1. The number of halogens is 5. The highest BCUT2D eigenvalue weighted by Gasteiger charge is 2.47. The number of imide groups is 1. The van der Waals surface area contributed by atoms with Gasteiger partial charge >= 0.3 is 12.2 Å². The number of likely N-dealkylation sites (tertiary alicyclic amines) is 1. The summed E-state index contributed by atoms with van der Waals surface area (Å²) in [5, 5.41) is -0.378. The van der Waals surface area contributed by atoms with Gasteiger partial charge in [0.05, 0.1) is 39.8 Å². The number of nitrogens with one attached hydrogen (secondary N) is 1. The van der Waals surface area contributed by atoms with Gasteiger partial charge in [0, 0.05) is 30.7 Å². The van der Waals surface area contributed by atoms with E-state index in [2.05, 4.69) is 9.71 Å². The predicted octanol–water partition coefficient (Wildman–Crippen LogP) is 2.88. The van der Waals surface area contributed by atoms with Crippen molar-refractivity contribution in [1.29, 1.82) is 0 Å². The highest BCUT2D eigenvalue weighted by Crippen LogP contribution is 2.42. The van der Waals surface area contributed by atoms with Gasteiger partial charge in [-0.1, -0.05) is 36.2 Å². The minimum absolute atomic E-state index is 0.00269. The molecule has 2 heterocycles. The van der Waals surface area contributed by atoms with E-state index in [0.29, 0.717) is 11.0 Å². The van der Waals surface area contributed by atoms with Gasteiger partial charge in [0.2, 0.25) is 15.9 Å². The maximum atomic E-state index is 14.1. The molecule has 3 aliphatic rings. The Bertz CT molecular complexity index is 1580. The Morgan fingerprint density at radius 2 is 1.75 bits per heavy atom. The van der Waals surface area contributed by atoms with Crippen molar-refractivity contribution in [3.8, 4) is 0 Å². The maximum Gasteiger partial charge on any atom is 0.416 e. The molecule has 218 valence electrons. The average molecular weight is 643 g/mol. The monoisotopic (exact) mass is 642 g/mol. The molecule has 4 rings (SSSR count). The van der Waals surface area contributed by atoms with Crippen molar-refractivity contribution in [2.45, 2.75) is 30.6 Å². The Hall–Kier alpha value is -2.30. The van der Waals surface area contributed by atoms with Crippen molar-refractivity contribution >= 4 is 60.7 Å². The van der Waals surface area contributed by atoms with Gasteiger partial charge in [-0.25, -0.2) is 26.4 Å². The second-order valence-electron chi connectivity index (χ2n) is 9.49. The molecule has 1 N–H and O–H groups in total. The van der Waals surface area contributed by atoms with E-state index in [0.717, 1.165) is 6.26 Å². The summed E-state index contributed by atoms with van der Waals surface area (Å²) >= 11 is 12.3. The molecule has 1 atom stereocenters. The highest BCUT2D eigenvalue weighted by molar-refractivity contribution is 7.91. The lowest BCUT2D eigenvalue weighted by Gasteiger charge is -2.41. The van der Waals surface area contributed by atoms with Crippen LogP contribution in [0.1, 0.15) is 12.5 Å². The molecular weight excluding hydrogens is 620 g/mol. The number of sulfone groups is 1. The number of carbonyl (C=O) groups is 2. The molecule has 1 aromatic carbocycles. The van der Waals surface area contributed by atoms with E-state index in [-0.39, 0.29) is 46.6 Å². The van der Waals surface area contributed by atoms with Crippen LogP contribution in [0.5, 0.6) is 0 Å². The summed E-state index contributed by atoms with van der Waals surface area (Å²) < 4.78 is 92.6. The molecule has 3 amide bonds. The third-order valence-electron chi connectivity index (χ3n) is 6.51. The van der Waals surface area contributed by atoms with Gasteiger partial charge < -0.3 is 0 Å². The fourth-order valence-electron chi connectivity index (χ4n) is 4.65. The van der Waals surface area contributed by atoms with Crippen LogP contribution in [0, 0.1) is 5.92 Å². The first kappa shape index (κ1) is 30.7. The molecule has 1 aromatic rings. The number of hydrogen-bond donors (Lipinski definition) is 1. The van der Waals surface area contributed by atoms with Gasteiger partial charge in [0.25, 0.3) is 0 Å². The van der Waals surface area contributed by atoms with E-state index in [4.69, 9.17) is 23.2 Å². The smallest absolute Gasteiger partial charge is 0.296 e. The first-order chi connectivity index (χ1) is 18.4. The maximum absolute atomic E-state index is 14.1. The van der Waals surface area contributed by atoms with Crippen LogP contribution in [-0.4, -0.2) is 88.1 Å². The second-order valence-corrected chi connectivity index (χ2v) is 14.3. The Morgan fingerprint density at radius 1 is 1.10 bits per heavy atom. The molecule has 10 nitrogen and oxygen atoms in total. The zero-order valence-electron chi connectivity index (χ0n) is 21.0. The molecule has 1 fully saturated rings. The number of benzene rings is 1. The molecule has 0 bridgehead atoms. The number of fused-ring (bicyclic) bond motifs is 1. The van der Waals surface area contributed by atoms with Crippen LogP contribution in [0.25, 0.3) is 0 Å². The van der Waals surface area contributed by atoms with Crippen molar-refractivity contribution in [2.24, 2.45) is 10.9 Å². The lowest BCUT2D eigenvalue weighted by atomic mass is 9.85. The average Bonchev–Trinajstić information content (AvgIpc) is 2.80. The number of hydrogen-bond acceptors (Lipinski definition) is 7. The van der Waals surface area contributed by atoms with Crippen LogP contribution < -0.4 is 4.72 Å². The molecule has 17 heteroatoms. The van der Waals surface area contributed by atoms with Gasteiger partial charge in [-0.3, -0.25) is 14.6 Å². The van der Waals surface area contributed by atoms with Crippen molar-refractivity contribution in [2.75, 3.05) is 31.6 Å². The number of nitrogens with zero attached hydrogens (tertiary/aromatic N) is 3. The summed E-state index contributed by atoms with van der Waals surface area (Å²) in [6, 6.07) is 2.20. The van der Waals surface area contributed by atoms with Gasteiger partial charge in [-0.2, -0.15) is 18.2 Å². The van der Waals surface area contributed by atoms with Crippen molar-refractivity contribution in [1.82, 2.24) is 14.5 Å². The Kier molecular flexibility index (Phi) is 8.30. The van der Waals surface area contributed by atoms with Gasteiger partial charge in [-0.15, -0.1) is 0 Å². The Morgan fingerprint density at radius 3 is 2.33 bits per heavy atom. The van der Waals surface area contributed by atoms with Crippen LogP contribution >= 0.6 is 23.2 Å². The number of sulfonamides is 1. The van der Waals surface area contributed by atoms with Gasteiger partial charge in [0.15, 0.2) is 9.84 Å². The van der Waals surface area contributed by atoms with E-state index in [9.17, 15) is 39.6 Å². The molecule has 0 radical (unpaired) electrons. The van der Waals surface area contributed by atoms with E-state index < -0.39 is 72.7 Å². The summed E-state index contributed by atoms with van der Waals surface area (Å²) in [6.07, 6.45) is -3.30. The molecular formula is C23H23Cl2F3N4O6S2. The predicted molar refractivity (Wildman–Crippen MR) is 141 cm³/mol. The summed E-state index contributed by atoms with van der Waals surface area (Å²) in [6.45, 7) is 0.726. The normalized spacial score (nSPS) is 21.3. The topological polar surface area (TPSA) is 133 Å². The largest absolute Gasteiger partial charge is 0.416 e. The zero-order chi connectivity index (χ0) is 29.8. The molecule has 1 aliphatic carbocycles. The fraction of sp³-hybridized carbons (Fsp3) is 0.435. The van der Waals surface area contributed by atoms with E-state index in [1.807, 2.05) is 0 Å². The summed E-state index contributed by atoms with van der Waals surface area (Å²) in [5.74, 6) is -2.99. The van der Waals surface area contributed by atoms with Crippen molar-refractivity contribution < 1.29 is 39.6 Å². The van der Waals surface area contributed by atoms with Crippen LogP contribution in [0.15, 0.2) is 50.3 Å². The Labute approximate surface area is 238 Å². The van der Waals surface area contributed by atoms with Crippen molar-refractivity contribution in [3.63, 3.8) is 0 Å². The molecule has 0 saturated carbocycles. The summed E-state index contributed by atoms with van der Waals surface area (Å²) in [4.78, 5) is 32.0. The second kappa shape index (κ2) is 10.8. The molecule has 1 saturated heterocycles. The number of carbonyl (C=O) groups excluding carboxylic acids is 2. The van der Waals surface area contributed by atoms with Gasteiger partial charge in [-0.05, 0) is 29.3 Å². The standard InChI is InChI=1S/C23H23Cl2F3N4O6S2/c1-3-40(37,38)18-5-4-13(24)6-12(18)8-32-21(33)15-7-17(23(26,27)28)16(19(25)20(15)29-22(32)34)11-31-9-14(10-31)30-39(2,35)36/h4-7,14-15,30H,3,8-11H2,1-2H3. The number of alkyl halides is 3. The molecule has 1 unspecified atom stereocenters. The van der Waals surface area contributed by atoms with Crippen LogP contribution in [-0.2, 0) is 31.2 Å². The minimum Gasteiger partial charge on any atom is -0.296 e. The first-order valence-electron chi connectivity index (χ1n) is 11.7. The number of allylic oxidation sites excluding steroid dienone is 1. The first-order valence-corrected chi connectivity index (χ1v) is 16.0. The van der Waals surface area contributed by atoms with E-state index in [1.54, 1.807) is 0 Å². The third kappa shape index (κ3) is 6.29. The lowest BCUT2D eigenvalue weighted by molar-refractivity contribution is -0.130. The molecule has 0 spiro atoms. The minimum atomic E-state index is -4.92. The van der Waals surface area contributed by atoms with Crippen LogP contribution in [0.2, 0.25) is 5.02 Å². The summed E-state index contributed by atoms with van der Waals surface area (Å²) in [7, 11) is -7.30. The van der Waals surface area contributed by atoms with Gasteiger partial charge in [0.1, 0.15) is 5.92 Å². The number of urea groups is 1. The van der Waals surface area contributed by atoms with E-state index in [1.165, 1.54) is 30.0 Å². The number of rotatable bonds is 8. The highest BCUT2D eigenvalue weighted by atomic mass is 35.5. The van der Waals surface area contributed by atoms with Crippen LogP contribution in [0.4, 0.5) is 18.0 Å². The molecule has 0 aromatic heterocycles. The molecule has 40 heavy (non-hydrogen) atoms.